The van der Waals surface area contributed by atoms with Crippen LogP contribution in [0.4, 0.5) is 0 Å². The minimum atomic E-state index is -0.238. The third-order valence-corrected chi connectivity index (χ3v) is 2.93. The van der Waals surface area contributed by atoms with Crippen molar-refractivity contribution >= 4 is 12.2 Å². The molecule has 0 rings (SSSR count). The van der Waals surface area contributed by atoms with Crippen LogP contribution in [0.2, 0.25) is 0 Å². The number of allylic oxidation sites excluding steroid dienone is 1. The highest BCUT2D eigenvalue weighted by Gasteiger charge is 2.19. The summed E-state index contributed by atoms with van der Waals surface area (Å²) >= 11 is 0. The quantitative estimate of drug-likeness (QED) is 0.477. The van der Waals surface area contributed by atoms with Crippen molar-refractivity contribution in [3.8, 4) is 0 Å². The molecule has 0 heterocycles. The van der Waals surface area contributed by atoms with Gasteiger partial charge in [0, 0.05) is 26.3 Å². The van der Waals surface area contributed by atoms with E-state index in [0.29, 0.717) is 18.7 Å². The van der Waals surface area contributed by atoms with Crippen molar-refractivity contribution in [3.05, 3.63) is 12.2 Å². The summed E-state index contributed by atoms with van der Waals surface area (Å²) < 4.78 is 5.84. The number of carbonyl (C=O) groups is 2. The van der Waals surface area contributed by atoms with E-state index >= 15 is 0 Å². The fraction of sp³-hybridized carbons (Fsp3) is 0.733. The molecule has 4 nitrogen and oxygen atoms in total. The highest BCUT2D eigenvalue weighted by Crippen LogP contribution is 2.16. The van der Waals surface area contributed by atoms with E-state index in [-0.39, 0.29) is 11.5 Å². The largest absolute Gasteiger partial charge is 0.375 e. The number of aldehydes is 1. The molecular formula is C15H27NO3. The van der Waals surface area contributed by atoms with Gasteiger partial charge in [-0.1, -0.05) is 13.8 Å². The summed E-state index contributed by atoms with van der Waals surface area (Å²) in [5.74, 6) is 0.471. The minimum absolute atomic E-state index is 0.162. The molecular weight excluding hydrogens is 242 g/mol. The molecule has 0 aromatic heterocycles. The van der Waals surface area contributed by atoms with Gasteiger partial charge in [0.15, 0.2) is 0 Å². The van der Waals surface area contributed by atoms with Gasteiger partial charge in [-0.2, -0.15) is 0 Å². The summed E-state index contributed by atoms with van der Waals surface area (Å²) in [6.45, 7) is 9.76. The number of amides is 1. The zero-order valence-electron chi connectivity index (χ0n) is 12.8. The first-order valence-corrected chi connectivity index (χ1v) is 6.79. The molecule has 0 aliphatic carbocycles. The minimum Gasteiger partial charge on any atom is -0.375 e. The van der Waals surface area contributed by atoms with Crippen LogP contribution in [0.15, 0.2) is 12.2 Å². The maximum absolute atomic E-state index is 11.6. The number of carbonyl (C=O) groups excluding carboxylic acids is 2. The monoisotopic (exact) mass is 269 g/mol. The number of nitrogens with zero attached hydrogens (tertiary/aromatic N) is 1. The van der Waals surface area contributed by atoms with E-state index < -0.39 is 0 Å². The second kappa shape index (κ2) is 8.86. The fourth-order valence-electron chi connectivity index (χ4n) is 1.44. The Kier molecular flexibility index (Phi) is 8.32. The maximum atomic E-state index is 11.6. The maximum Gasteiger partial charge on any atom is 0.246 e. The second-order valence-corrected chi connectivity index (χ2v) is 5.80. The van der Waals surface area contributed by atoms with Crippen molar-refractivity contribution in [1.82, 2.24) is 4.90 Å². The summed E-state index contributed by atoms with van der Waals surface area (Å²) in [6.07, 6.45) is 4.90. The molecule has 110 valence electrons. The summed E-state index contributed by atoms with van der Waals surface area (Å²) in [5, 5.41) is 0. The van der Waals surface area contributed by atoms with E-state index in [1.165, 1.54) is 12.2 Å². The van der Waals surface area contributed by atoms with Crippen LogP contribution in [0.25, 0.3) is 0 Å². The normalized spacial score (nSPS) is 12.1. The number of likely N-dealkylation sites (N-methyl/N-ethyl adjacent to an activating group) is 1. The second-order valence-electron chi connectivity index (χ2n) is 5.80. The van der Waals surface area contributed by atoms with Crippen LogP contribution >= 0.6 is 0 Å². The predicted molar refractivity (Wildman–Crippen MR) is 76.9 cm³/mol. The van der Waals surface area contributed by atoms with Crippen LogP contribution in [-0.4, -0.2) is 42.9 Å². The summed E-state index contributed by atoms with van der Waals surface area (Å²) in [5.41, 5.74) is -0.238. The Morgan fingerprint density at radius 1 is 1.37 bits per heavy atom. The van der Waals surface area contributed by atoms with Gasteiger partial charge >= 0.3 is 0 Å². The van der Waals surface area contributed by atoms with Crippen LogP contribution in [0.5, 0.6) is 0 Å². The Morgan fingerprint density at radius 3 is 2.53 bits per heavy atom. The highest BCUT2D eigenvalue weighted by atomic mass is 16.5. The van der Waals surface area contributed by atoms with E-state index in [0.717, 1.165) is 19.4 Å². The molecule has 0 unspecified atom stereocenters. The lowest BCUT2D eigenvalue weighted by molar-refractivity contribution is -0.125. The van der Waals surface area contributed by atoms with Crippen LogP contribution in [0.3, 0.4) is 0 Å². The number of hydrogen-bond donors (Lipinski definition) is 0. The van der Waals surface area contributed by atoms with Crippen LogP contribution in [-0.2, 0) is 14.3 Å². The highest BCUT2D eigenvalue weighted by molar-refractivity contribution is 5.90. The third-order valence-electron chi connectivity index (χ3n) is 2.93. The average Bonchev–Trinajstić information content (AvgIpc) is 2.32. The molecule has 0 aliphatic heterocycles. The molecule has 0 fully saturated rings. The molecule has 0 saturated carbocycles. The fourth-order valence-corrected chi connectivity index (χ4v) is 1.44. The zero-order valence-corrected chi connectivity index (χ0v) is 12.8. The Balaban J connectivity index is 4.04. The molecule has 0 atom stereocenters. The standard InChI is InChI=1S/C15H27NO3/c1-13(2)8-12-19-15(3,4)9-10-16(5)14(18)7-6-11-17/h6-7,11,13H,8-10,12H2,1-5H3/b7-6-. The van der Waals surface area contributed by atoms with Gasteiger partial charge in [0.1, 0.15) is 6.29 Å². The summed E-state index contributed by atoms with van der Waals surface area (Å²) in [4.78, 5) is 23.3. The molecule has 0 saturated heterocycles. The summed E-state index contributed by atoms with van der Waals surface area (Å²) in [7, 11) is 1.72. The van der Waals surface area contributed by atoms with Gasteiger partial charge in [0.05, 0.1) is 5.60 Å². The lowest BCUT2D eigenvalue weighted by atomic mass is 10.0. The smallest absolute Gasteiger partial charge is 0.246 e. The molecule has 0 aromatic carbocycles. The Morgan fingerprint density at radius 2 is 2.00 bits per heavy atom. The average molecular weight is 269 g/mol. The van der Waals surface area contributed by atoms with Gasteiger partial charge in [-0.15, -0.1) is 0 Å². The van der Waals surface area contributed by atoms with Crippen molar-refractivity contribution < 1.29 is 14.3 Å². The SMILES string of the molecule is CC(C)CCOC(C)(C)CCN(C)C(=O)/C=C\C=O. The van der Waals surface area contributed by atoms with Crippen molar-refractivity contribution in [2.75, 3.05) is 20.2 Å². The molecule has 0 spiro atoms. The zero-order chi connectivity index (χ0) is 14.9. The number of rotatable bonds is 9. The van der Waals surface area contributed by atoms with Crippen molar-refractivity contribution in [1.29, 1.82) is 0 Å². The molecule has 19 heavy (non-hydrogen) atoms. The van der Waals surface area contributed by atoms with E-state index in [4.69, 9.17) is 4.74 Å². The van der Waals surface area contributed by atoms with Gasteiger partial charge in [-0.25, -0.2) is 0 Å². The predicted octanol–water partition coefficient (Wildman–Crippen LogP) is 2.43. The van der Waals surface area contributed by atoms with E-state index in [1.807, 2.05) is 13.8 Å². The van der Waals surface area contributed by atoms with Crippen LogP contribution in [0, 0.1) is 5.92 Å². The summed E-state index contributed by atoms with van der Waals surface area (Å²) in [6, 6.07) is 0. The molecule has 0 bridgehead atoms. The Bertz CT molecular complexity index is 309. The van der Waals surface area contributed by atoms with Crippen molar-refractivity contribution in [3.63, 3.8) is 0 Å². The molecule has 4 heteroatoms. The topological polar surface area (TPSA) is 46.6 Å². The molecule has 0 radical (unpaired) electrons. The van der Waals surface area contributed by atoms with Gasteiger partial charge in [0.25, 0.3) is 0 Å². The van der Waals surface area contributed by atoms with Crippen molar-refractivity contribution in [2.24, 2.45) is 5.92 Å². The van der Waals surface area contributed by atoms with Gasteiger partial charge < -0.3 is 9.64 Å². The van der Waals surface area contributed by atoms with E-state index in [2.05, 4.69) is 13.8 Å². The van der Waals surface area contributed by atoms with E-state index in [1.54, 1.807) is 11.9 Å². The Labute approximate surface area is 116 Å². The van der Waals surface area contributed by atoms with Gasteiger partial charge in [-0.05, 0) is 38.7 Å². The first kappa shape index (κ1) is 17.8. The number of ether oxygens (including phenoxy) is 1. The van der Waals surface area contributed by atoms with E-state index in [9.17, 15) is 9.59 Å². The molecule has 0 N–H and O–H groups in total. The van der Waals surface area contributed by atoms with Crippen LogP contribution in [0.1, 0.15) is 40.5 Å². The first-order chi connectivity index (χ1) is 8.78. The van der Waals surface area contributed by atoms with Gasteiger partial charge in [-0.3, -0.25) is 9.59 Å². The number of hydrogen-bond acceptors (Lipinski definition) is 3. The van der Waals surface area contributed by atoms with Gasteiger partial charge in [0.2, 0.25) is 5.91 Å². The first-order valence-electron chi connectivity index (χ1n) is 6.79. The van der Waals surface area contributed by atoms with Crippen LogP contribution < -0.4 is 0 Å². The van der Waals surface area contributed by atoms with Crippen molar-refractivity contribution in [2.45, 2.75) is 46.1 Å². The molecule has 0 aliphatic rings. The Hall–Kier alpha value is -1.16. The lowest BCUT2D eigenvalue weighted by Gasteiger charge is -2.28. The third kappa shape index (κ3) is 9.42. The molecule has 0 aromatic rings. The lowest BCUT2D eigenvalue weighted by Crippen LogP contribution is -2.34. The molecule has 1 amide bonds.